The summed E-state index contributed by atoms with van der Waals surface area (Å²) in [5, 5.41) is 14.2. The molecule has 5 rings (SSSR count). The Labute approximate surface area is 242 Å². The number of aromatic nitrogens is 3. The van der Waals surface area contributed by atoms with Crippen LogP contribution in [-0.2, 0) is 13.1 Å². The lowest BCUT2D eigenvalue weighted by Crippen LogP contribution is -2.42. The molecule has 0 saturated carbocycles. The lowest BCUT2D eigenvalue weighted by molar-refractivity contribution is -0.141. The van der Waals surface area contributed by atoms with E-state index in [1.807, 2.05) is 19.1 Å². The lowest BCUT2D eigenvalue weighted by atomic mass is 9.97. The van der Waals surface area contributed by atoms with Crippen molar-refractivity contribution in [3.05, 3.63) is 79.0 Å². The van der Waals surface area contributed by atoms with E-state index in [0.29, 0.717) is 38.7 Å². The van der Waals surface area contributed by atoms with Crippen LogP contribution in [0.3, 0.4) is 0 Å². The number of halogens is 4. The molecule has 0 radical (unpaired) electrons. The molecule has 41 heavy (non-hydrogen) atoms. The molecule has 3 aromatic heterocycles. The number of hydrogen-bond donors (Lipinski definition) is 2. The fourth-order valence-corrected chi connectivity index (χ4v) is 6.44. The van der Waals surface area contributed by atoms with Crippen LogP contribution in [0.2, 0.25) is 5.02 Å². The smallest absolute Gasteiger partial charge is 0.406 e. The van der Waals surface area contributed by atoms with Gasteiger partial charge in [0.25, 0.3) is 5.56 Å². The van der Waals surface area contributed by atoms with Gasteiger partial charge >= 0.3 is 11.9 Å². The van der Waals surface area contributed by atoms with Crippen molar-refractivity contribution in [3.8, 4) is 16.9 Å². The number of ether oxygens (including phenoxy) is 1. The molecule has 4 heterocycles. The highest BCUT2D eigenvalue weighted by Gasteiger charge is 2.36. The number of benzene rings is 1. The maximum Gasteiger partial charge on any atom is 0.406 e. The predicted octanol–water partition coefficient (Wildman–Crippen LogP) is 4.74. The molecule has 8 nitrogen and oxygen atoms in total. The highest BCUT2D eigenvalue weighted by Crippen LogP contribution is 2.42. The molecule has 0 spiro atoms. The number of thiophene rings is 1. The average Bonchev–Trinajstić information content (AvgIpc) is 3.51. The van der Waals surface area contributed by atoms with Gasteiger partial charge in [0.1, 0.15) is 18.4 Å². The number of alkyl halides is 3. The molecule has 13 heteroatoms. The Morgan fingerprint density at radius 2 is 1.95 bits per heavy atom. The van der Waals surface area contributed by atoms with Gasteiger partial charge in [-0.15, -0.1) is 11.3 Å². The van der Waals surface area contributed by atoms with Crippen molar-refractivity contribution in [1.82, 2.24) is 19.4 Å². The minimum Gasteiger partial charge on any atom is -0.488 e. The van der Waals surface area contributed by atoms with Gasteiger partial charge in [-0.1, -0.05) is 11.6 Å². The van der Waals surface area contributed by atoms with Crippen LogP contribution in [-0.4, -0.2) is 49.7 Å². The minimum absolute atomic E-state index is 0.127. The summed E-state index contributed by atoms with van der Waals surface area (Å²) in [4.78, 5) is 30.2. The molecule has 1 saturated heterocycles. The van der Waals surface area contributed by atoms with Gasteiger partial charge in [-0.3, -0.25) is 18.9 Å². The average molecular weight is 609 g/mol. The van der Waals surface area contributed by atoms with Gasteiger partial charge in [-0.25, -0.2) is 4.79 Å². The van der Waals surface area contributed by atoms with E-state index >= 15 is 0 Å². The monoisotopic (exact) mass is 608 g/mol. The summed E-state index contributed by atoms with van der Waals surface area (Å²) in [6.07, 6.45) is -1.71. The Bertz CT molecular complexity index is 1720. The molecule has 2 atom stereocenters. The van der Waals surface area contributed by atoms with Gasteiger partial charge < -0.3 is 15.2 Å². The first-order valence-corrected chi connectivity index (χ1v) is 14.1. The standard InChI is InChI=1S/C28H28ClF3N4O4S/c1-15-8-16(29)9-20(24(15)40-17-10-22(34-12-17)27(2,3)39)19-4-6-33-21-11-18(41-25(19)21)13-36-23(37)5-7-35(26(36)38)14-28(30,31)32/h4-9,11,17,22,34,39H,10,12-14H2,1-3H3/t17-,22-/m0/s1. The molecule has 4 aromatic rings. The molecule has 0 bridgehead atoms. The Hall–Kier alpha value is -3.19. The summed E-state index contributed by atoms with van der Waals surface area (Å²) in [6, 6.07) is 7.95. The largest absolute Gasteiger partial charge is 0.488 e. The normalized spacial score (nSPS) is 17.9. The van der Waals surface area contributed by atoms with E-state index in [0.717, 1.165) is 38.2 Å². The zero-order chi connectivity index (χ0) is 29.7. The van der Waals surface area contributed by atoms with Crippen molar-refractivity contribution >= 4 is 33.2 Å². The fraction of sp³-hybridized carbons (Fsp3) is 0.393. The molecule has 218 valence electrons. The van der Waals surface area contributed by atoms with Crippen molar-refractivity contribution < 1.29 is 23.0 Å². The third kappa shape index (κ3) is 6.35. The molecule has 2 N–H and O–H groups in total. The topological polar surface area (TPSA) is 98.4 Å². The zero-order valence-corrected chi connectivity index (χ0v) is 24.0. The number of aliphatic hydroxyl groups is 1. The van der Waals surface area contributed by atoms with Crippen molar-refractivity contribution in [2.75, 3.05) is 6.54 Å². The van der Waals surface area contributed by atoms with Crippen molar-refractivity contribution in [1.29, 1.82) is 0 Å². The van der Waals surface area contributed by atoms with Gasteiger partial charge in [0.05, 0.1) is 22.4 Å². The zero-order valence-electron chi connectivity index (χ0n) is 22.5. The van der Waals surface area contributed by atoms with Crippen LogP contribution in [0.15, 0.2) is 52.3 Å². The van der Waals surface area contributed by atoms with Crippen LogP contribution in [0.4, 0.5) is 13.2 Å². The second-order valence-corrected chi connectivity index (χ2v) is 12.3. The summed E-state index contributed by atoms with van der Waals surface area (Å²) in [5.41, 5.74) is 0.263. The predicted molar refractivity (Wildman–Crippen MR) is 152 cm³/mol. The van der Waals surface area contributed by atoms with Gasteiger partial charge in [0, 0.05) is 58.5 Å². The Morgan fingerprint density at radius 3 is 2.63 bits per heavy atom. The van der Waals surface area contributed by atoms with Crippen LogP contribution >= 0.6 is 22.9 Å². The molecular weight excluding hydrogens is 581 g/mol. The van der Waals surface area contributed by atoms with Crippen LogP contribution in [0.1, 0.15) is 30.7 Å². The molecular formula is C28H28ClF3N4O4S. The highest BCUT2D eigenvalue weighted by atomic mass is 35.5. The Balaban J connectivity index is 1.52. The van der Waals surface area contributed by atoms with Crippen molar-refractivity contribution in [2.45, 2.75) is 64.2 Å². The molecule has 1 fully saturated rings. The third-order valence-electron chi connectivity index (χ3n) is 7.02. The van der Waals surface area contributed by atoms with Crippen molar-refractivity contribution in [2.24, 2.45) is 0 Å². The summed E-state index contributed by atoms with van der Waals surface area (Å²) >= 11 is 7.74. The first kappa shape index (κ1) is 29.3. The number of aryl methyl sites for hydroxylation is 1. The number of rotatable bonds is 7. The van der Waals surface area contributed by atoms with Crippen LogP contribution in [0, 0.1) is 6.92 Å². The SMILES string of the molecule is Cc1cc(Cl)cc(-c2ccnc3cc(Cn4c(=O)ccn(CC(F)(F)F)c4=O)sc23)c1O[C@@H]1CN[C@H](C(C)(C)O)C1. The first-order valence-electron chi connectivity index (χ1n) is 12.9. The quantitative estimate of drug-likeness (QED) is 0.315. The summed E-state index contributed by atoms with van der Waals surface area (Å²) in [6.45, 7) is 4.26. The maximum atomic E-state index is 12.9. The number of hydrogen-bond acceptors (Lipinski definition) is 7. The molecule has 0 amide bonds. The van der Waals surface area contributed by atoms with E-state index in [4.69, 9.17) is 16.3 Å². The highest BCUT2D eigenvalue weighted by molar-refractivity contribution is 7.19. The summed E-state index contributed by atoms with van der Waals surface area (Å²) < 4.78 is 47.2. The fourth-order valence-electron chi connectivity index (χ4n) is 5.03. The molecule has 1 aromatic carbocycles. The first-order chi connectivity index (χ1) is 19.2. The van der Waals surface area contributed by atoms with Crippen LogP contribution < -0.4 is 21.3 Å². The van der Waals surface area contributed by atoms with Crippen LogP contribution in [0.25, 0.3) is 21.3 Å². The molecule has 0 unspecified atom stereocenters. The van der Waals surface area contributed by atoms with E-state index in [1.165, 1.54) is 11.3 Å². The molecule has 1 aliphatic rings. The van der Waals surface area contributed by atoms with Gasteiger partial charge in [0.2, 0.25) is 0 Å². The lowest BCUT2D eigenvalue weighted by Gasteiger charge is -2.25. The van der Waals surface area contributed by atoms with Gasteiger partial charge in [-0.05, 0) is 50.6 Å². The Morgan fingerprint density at radius 1 is 1.20 bits per heavy atom. The minimum atomic E-state index is -4.61. The van der Waals surface area contributed by atoms with Crippen molar-refractivity contribution in [3.63, 3.8) is 0 Å². The third-order valence-corrected chi connectivity index (χ3v) is 8.38. The van der Waals surface area contributed by atoms with Crippen LogP contribution in [0.5, 0.6) is 5.75 Å². The van der Waals surface area contributed by atoms with Gasteiger partial charge in [0.15, 0.2) is 0 Å². The number of nitrogens with one attached hydrogen (secondary N) is 1. The van der Waals surface area contributed by atoms with E-state index in [2.05, 4.69) is 10.3 Å². The number of pyridine rings is 1. The van der Waals surface area contributed by atoms with E-state index < -0.39 is 29.6 Å². The summed E-state index contributed by atoms with van der Waals surface area (Å²) in [7, 11) is 0. The summed E-state index contributed by atoms with van der Waals surface area (Å²) in [5.74, 6) is 0.634. The second kappa shape index (κ2) is 10.9. The second-order valence-electron chi connectivity index (χ2n) is 10.7. The van der Waals surface area contributed by atoms with E-state index in [1.54, 1.807) is 32.2 Å². The molecule has 0 aliphatic carbocycles. The number of fused-ring (bicyclic) bond motifs is 1. The number of nitrogens with zero attached hydrogens (tertiary/aromatic N) is 3. The van der Waals surface area contributed by atoms with E-state index in [9.17, 15) is 27.9 Å². The van der Waals surface area contributed by atoms with E-state index in [-0.39, 0.29) is 18.7 Å². The Kier molecular flexibility index (Phi) is 7.79. The maximum absolute atomic E-state index is 12.9. The van der Waals surface area contributed by atoms with Gasteiger partial charge in [-0.2, -0.15) is 13.2 Å². The molecule has 1 aliphatic heterocycles.